The van der Waals surface area contributed by atoms with Gasteiger partial charge < -0.3 is 19.3 Å². The molecular weight excluding hydrogens is 372 g/mol. The molecule has 0 radical (unpaired) electrons. The molecule has 1 fully saturated rings. The molecule has 0 aliphatic carbocycles. The number of carboxylic acid groups (broad SMARTS) is 1. The van der Waals surface area contributed by atoms with Gasteiger partial charge in [0, 0.05) is 31.9 Å². The Morgan fingerprint density at radius 2 is 2.07 bits per heavy atom. The summed E-state index contributed by atoms with van der Waals surface area (Å²) in [5.74, 6) is -2.95. The van der Waals surface area contributed by atoms with E-state index in [-0.39, 0.29) is 56.8 Å². The molecule has 2 heterocycles. The van der Waals surface area contributed by atoms with Crippen LogP contribution in [0.4, 0.5) is 0 Å². The third kappa shape index (κ3) is 6.08. The zero-order chi connectivity index (χ0) is 20.6. The highest BCUT2D eigenvalue weighted by Crippen LogP contribution is 2.28. The number of nitrogens with zero attached hydrogens (tertiary/aromatic N) is 2. The first-order valence-corrected chi connectivity index (χ1v) is 8.80. The Labute approximate surface area is 161 Å². The maximum Gasteiger partial charge on any atom is 0.337 e. The van der Waals surface area contributed by atoms with Gasteiger partial charge in [0.05, 0.1) is 37.5 Å². The van der Waals surface area contributed by atoms with E-state index in [0.717, 1.165) is 0 Å². The third-order valence-electron chi connectivity index (χ3n) is 4.32. The molecule has 0 spiro atoms. The summed E-state index contributed by atoms with van der Waals surface area (Å²) in [6.45, 7) is 1.62. The molecule has 1 saturated heterocycles. The van der Waals surface area contributed by atoms with E-state index in [0.29, 0.717) is 0 Å². The van der Waals surface area contributed by atoms with Crippen molar-refractivity contribution in [3.8, 4) is 0 Å². The summed E-state index contributed by atoms with van der Waals surface area (Å²) < 4.78 is 15.5. The van der Waals surface area contributed by atoms with Crippen molar-refractivity contribution in [2.75, 3.05) is 19.8 Å². The van der Waals surface area contributed by atoms with Crippen LogP contribution in [0.15, 0.2) is 23.5 Å². The van der Waals surface area contributed by atoms with Crippen molar-refractivity contribution in [1.82, 2.24) is 4.98 Å². The van der Waals surface area contributed by atoms with Gasteiger partial charge in [-0.25, -0.2) is 4.79 Å². The first-order chi connectivity index (χ1) is 13.3. The van der Waals surface area contributed by atoms with Crippen molar-refractivity contribution in [3.63, 3.8) is 0 Å². The Bertz CT molecular complexity index is 730. The van der Waals surface area contributed by atoms with E-state index in [2.05, 4.69) is 10.2 Å². The summed E-state index contributed by atoms with van der Waals surface area (Å²) in [4.78, 5) is 50.2. The summed E-state index contributed by atoms with van der Waals surface area (Å²) in [7, 11) is 0. The molecule has 0 aromatic carbocycles. The second-order valence-electron chi connectivity index (χ2n) is 6.50. The number of esters is 2. The van der Waals surface area contributed by atoms with Crippen LogP contribution in [0, 0.1) is 10.8 Å². The second kappa shape index (κ2) is 9.88. The number of hydrogen-bond acceptors (Lipinski definition) is 9. The van der Waals surface area contributed by atoms with Crippen molar-refractivity contribution in [2.24, 2.45) is 11.1 Å². The lowest BCUT2D eigenvalue weighted by Gasteiger charge is -2.30. The van der Waals surface area contributed by atoms with Gasteiger partial charge >= 0.3 is 17.9 Å². The van der Waals surface area contributed by atoms with E-state index in [1.165, 1.54) is 25.3 Å². The van der Waals surface area contributed by atoms with Gasteiger partial charge in [0.2, 0.25) is 5.72 Å². The molecule has 1 aromatic heterocycles. The van der Waals surface area contributed by atoms with Crippen LogP contribution in [0.25, 0.3) is 0 Å². The molecule has 1 N–H and O–H groups in total. The molecule has 0 bridgehead atoms. The third-order valence-corrected chi connectivity index (χ3v) is 4.32. The van der Waals surface area contributed by atoms with Crippen LogP contribution >= 0.6 is 0 Å². The van der Waals surface area contributed by atoms with Gasteiger partial charge in [-0.2, -0.15) is 0 Å². The Hall–Kier alpha value is -2.88. The number of carbonyl (C=O) groups excluding carboxylic acids is 2. The van der Waals surface area contributed by atoms with Crippen LogP contribution in [0.3, 0.4) is 0 Å². The van der Waals surface area contributed by atoms with Gasteiger partial charge in [-0.15, -0.1) is 4.91 Å². The van der Waals surface area contributed by atoms with E-state index in [9.17, 15) is 24.4 Å². The van der Waals surface area contributed by atoms with Gasteiger partial charge in [-0.05, 0) is 23.7 Å². The largest absolute Gasteiger partial charge is 0.478 e. The zero-order valence-corrected chi connectivity index (χ0v) is 15.5. The molecule has 1 aliphatic heterocycles. The molecule has 1 atom stereocenters. The van der Waals surface area contributed by atoms with Crippen LogP contribution < -0.4 is 0 Å². The van der Waals surface area contributed by atoms with E-state index < -0.39 is 29.6 Å². The predicted octanol–water partition coefficient (Wildman–Crippen LogP) is 1.71. The maximum absolute atomic E-state index is 12.4. The summed E-state index contributed by atoms with van der Waals surface area (Å²) in [5.41, 5.74) is -1.20. The van der Waals surface area contributed by atoms with Gasteiger partial charge in [0.25, 0.3) is 0 Å². The average molecular weight is 394 g/mol. The number of ether oxygens (including phenoxy) is 3. The number of carboxylic acids is 1. The topological polar surface area (TPSA) is 141 Å². The fourth-order valence-corrected chi connectivity index (χ4v) is 2.89. The normalized spacial score (nSPS) is 16.6. The highest BCUT2D eigenvalue weighted by Gasteiger charge is 2.38. The smallest absolute Gasteiger partial charge is 0.337 e. The molecule has 2 rings (SSSR count). The monoisotopic (exact) mass is 394 g/mol. The van der Waals surface area contributed by atoms with Crippen LogP contribution in [0.2, 0.25) is 0 Å². The summed E-state index contributed by atoms with van der Waals surface area (Å²) in [5, 5.41) is 12.3. The Kier molecular flexibility index (Phi) is 7.56. The highest BCUT2D eigenvalue weighted by atomic mass is 16.6. The fourth-order valence-electron chi connectivity index (χ4n) is 2.89. The summed E-state index contributed by atoms with van der Waals surface area (Å²) in [6, 6.07) is 2.89. The molecule has 1 aromatic rings. The average Bonchev–Trinajstić information content (AvgIpc) is 2.67. The zero-order valence-electron chi connectivity index (χ0n) is 15.5. The van der Waals surface area contributed by atoms with Crippen molar-refractivity contribution in [3.05, 3.63) is 34.5 Å². The molecule has 0 amide bonds. The maximum atomic E-state index is 12.4. The molecule has 1 aliphatic rings. The Balaban J connectivity index is 2.10. The van der Waals surface area contributed by atoms with Gasteiger partial charge in [0.15, 0.2) is 0 Å². The number of aromatic carboxylic acids is 1. The lowest BCUT2D eigenvalue weighted by Crippen LogP contribution is -2.39. The van der Waals surface area contributed by atoms with Crippen LogP contribution in [0.5, 0.6) is 0 Å². The Morgan fingerprint density at radius 1 is 1.36 bits per heavy atom. The van der Waals surface area contributed by atoms with Crippen molar-refractivity contribution < 1.29 is 33.7 Å². The standard InChI is InChI=1S/C18H22N2O8/c1-12(21)27-11-13(9-15-14(17(23)24)3-2-6-19-15)10-16(22)28-18(20-25)4-7-26-8-5-18/h2-3,6,13H,4-5,7-11H2,1H3,(H,23,24). The molecule has 1 unspecified atom stereocenters. The van der Waals surface area contributed by atoms with Gasteiger partial charge in [-0.3, -0.25) is 14.6 Å². The van der Waals surface area contributed by atoms with E-state index in [1.54, 1.807) is 0 Å². The van der Waals surface area contributed by atoms with E-state index >= 15 is 0 Å². The number of pyridine rings is 1. The van der Waals surface area contributed by atoms with Gasteiger partial charge in [0.1, 0.15) is 0 Å². The molecule has 28 heavy (non-hydrogen) atoms. The molecule has 10 heteroatoms. The minimum Gasteiger partial charge on any atom is -0.478 e. The van der Waals surface area contributed by atoms with Crippen molar-refractivity contribution in [1.29, 1.82) is 0 Å². The molecule has 10 nitrogen and oxygen atoms in total. The van der Waals surface area contributed by atoms with Crippen LogP contribution in [-0.2, 0) is 30.2 Å². The Morgan fingerprint density at radius 3 is 2.68 bits per heavy atom. The van der Waals surface area contributed by atoms with Gasteiger partial charge in [-0.1, -0.05) is 0 Å². The number of rotatable bonds is 9. The number of aromatic nitrogens is 1. The first kappa shape index (κ1) is 21.4. The van der Waals surface area contributed by atoms with Crippen molar-refractivity contribution >= 4 is 17.9 Å². The SMILES string of the molecule is CC(=O)OCC(CC(=O)OC1(N=O)CCOCC1)Cc1ncccc1C(=O)O. The van der Waals surface area contributed by atoms with Crippen molar-refractivity contribution in [2.45, 2.75) is 38.3 Å². The molecular formula is C18H22N2O8. The molecule has 152 valence electrons. The quantitative estimate of drug-likeness (QED) is 0.489. The predicted molar refractivity (Wildman–Crippen MR) is 94.3 cm³/mol. The summed E-state index contributed by atoms with van der Waals surface area (Å²) in [6.07, 6.45) is 1.66. The first-order valence-electron chi connectivity index (χ1n) is 8.80. The second-order valence-corrected chi connectivity index (χ2v) is 6.50. The lowest BCUT2D eigenvalue weighted by molar-refractivity contribution is -0.170. The number of nitroso groups, excluding NO2 is 1. The lowest BCUT2D eigenvalue weighted by atomic mass is 9.97. The minimum atomic E-state index is -1.46. The van der Waals surface area contributed by atoms with E-state index in [4.69, 9.17) is 14.2 Å². The van der Waals surface area contributed by atoms with Crippen LogP contribution in [-0.4, -0.2) is 53.5 Å². The number of hydrogen-bond donors (Lipinski definition) is 1. The fraction of sp³-hybridized carbons (Fsp3) is 0.556. The summed E-state index contributed by atoms with van der Waals surface area (Å²) >= 11 is 0. The van der Waals surface area contributed by atoms with E-state index in [1.807, 2.05) is 0 Å². The highest BCUT2D eigenvalue weighted by molar-refractivity contribution is 5.88. The minimum absolute atomic E-state index is 0.000787. The van der Waals surface area contributed by atoms with Crippen LogP contribution in [0.1, 0.15) is 42.2 Å². The molecule has 0 saturated carbocycles. The number of carbonyl (C=O) groups is 3.